The second kappa shape index (κ2) is 5.15. The maximum absolute atomic E-state index is 9.68. The molecule has 3 aromatic carbocycles. The summed E-state index contributed by atoms with van der Waals surface area (Å²) in [4.78, 5) is 0. The lowest BCUT2D eigenvalue weighted by molar-refractivity contribution is 0.317. The van der Waals surface area contributed by atoms with Gasteiger partial charge in [-0.1, -0.05) is 84.0 Å². The number of oxime groups is 1. The van der Waals surface area contributed by atoms with Gasteiger partial charge < -0.3 is 5.21 Å². The van der Waals surface area contributed by atoms with Crippen LogP contribution in [0.25, 0.3) is 11.1 Å². The van der Waals surface area contributed by atoms with Gasteiger partial charge in [-0.3, -0.25) is 0 Å². The summed E-state index contributed by atoms with van der Waals surface area (Å²) in [6, 6.07) is 26.6. The molecule has 1 aliphatic rings. The Hall–Kier alpha value is -2.87. The van der Waals surface area contributed by atoms with Crippen LogP contribution in [0.4, 0.5) is 0 Å². The van der Waals surface area contributed by atoms with E-state index in [1.807, 2.05) is 42.5 Å². The quantitative estimate of drug-likeness (QED) is 0.414. The fourth-order valence-corrected chi connectivity index (χ4v) is 3.34. The standard InChI is InChI=1S/C20H15NO/c22-21-20(14-8-2-1-3-9-14)19-17-12-6-4-10-15(17)16-11-5-7-13-18(16)19/h1-13,19,22H/b21-20-. The second-order valence-corrected chi connectivity index (χ2v) is 5.46. The molecule has 106 valence electrons. The summed E-state index contributed by atoms with van der Waals surface area (Å²) < 4.78 is 0. The molecule has 3 aromatic rings. The van der Waals surface area contributed by atoms with Gasteiger partial charge in [-0.2, -0.15) is 0 Å². The molecule has 1 aliphatic carbocycles. The van der Waals surface area contributed by atoms with E-state index in [1.54, 1.807) is 0 Å². The molecule has 0 atom stereocenters. The Balaban J connectivity index is 1.95. The number of fused-ring (bicyclic) bond motifs is 3. The highest BCUT2D eigenvalue weighted by Gasteiger charge is 2.32. The topological polar surface area (TPSA) is 32.6 Å². The SMILES string of the molecule is O/N=C(/c1ccccc1)C1c2ccccc2-c2ccccc21. The van der Waals surface area contributed by atoms with Gasteiger partial charge in [0.2, 0.25) is 0 Å². The van der Waals surface area contributed by atoms with Crippen LogP contribution in [0.5, 0.6) is 0 Å². The van der Waals surface area contributed by atoms with E-state index >= 15 is 0 Å². The normalized spacial score (nSPS) is 13.7. The Morgan fingerprint density at radius 2 is 1.18 bits per heavy atom. The van der Waals surface area contributed by atoms with E-state index in [4.69, 9.17) is 0 Å². The van der Waals surface area contributed by atoms with Crippen molar-refractivity contribution in [1.29, 1.82) is 0 Å². The van der Waals surface area contributed by atoms with E-state index in [-0.39, 0.29) is 5.92 Å². The van der Waals surface area contributed by atoms with E-state index in [9.17, 15) is 5.21 Å². The Morgan fingerprint density at radius 3 is 1.73 bits per heavy atom. The highest BCUT2D eigenvalue weighted by molar-refractivity contribution is 6.10. The predicted octanol–water partition coefficient (Wildman–Crippen LogP) is 4.68. The van der Waals surface area contributed by atoms with Gasteiger partial charge in [-0.25, -0.2) is 0 Å². The van der Waals surface area contributed by atoms with Gasteiger partial charge >= 0.3 is 0 Å². The summed E-state index contributed by atoms with van der Waals surface area (Å²) in [5.74, 6) is -0.0280. The fraction of sp³-hybridized carbons (Fsp3) is 0.0500. The molecule has 0 unspecified atom stereocenters. The molecule has 0 saturated carbocycles. The summed E-state index contributed by atoms with van der Waals surface area (Å²) in [5, 5.41) is 13.3. The first-order valence-electron chi connectivity index (χ1n) is 7.36. The first kappa shape index (κ1) is 12.8. The average Bonchev–Trinajstić information content (AvgIpc) is 2.92. The van der Waals surface area contributed by atoms with Crippen molar-refractivity contribution in [2.45, 2.75) is 5.92 Å². The molecule has 0 fully saturated rings. The van der Waals surface area contributed by atoms with Gasteiger partial charge in [0, 0.05) is 5.56 Å². The molecule has 22 heavy (non-hydrogen) atoms. The average molecular weight is 285 g/mol. The van der Waals surface area contributed by atoms with E-state index in [2.05, 4.69) is 41.6 Å². The Kier molecular flexibility index (Phi) is 3.01. The second-order valence-electron chi connectivity index (χ2n) is 5.46. The first-order chi connectivity index (χ1) is 10.9. The number of rotatable bonds is 2. The summed E-state index contributed by atoms with van der Waals surface area (Å²) in [6.45, 7) is 0. The molecule has 2 heteroatoms. The third-order valence-corrected chi connectivity index (χ3v) is 4.28. The van der Waals surface area contributed by atoms with E-state index in [0.29, 0.717) is 5.71 Å². The summed E-state index contributed by atoms with van der Waals surface area (Å²) >= 11 is 0. The molecule has 4 rings (SSSR count). The number of nitrogens with zero attached hydrogens (tertiary/aromatic N) is 1. The minimum Gasteiger partial charge on any atom is -0.411 e. The van der Waals surface area contributed by atoms with Crippen LogP contribution >= 0.6 is 0 Å². The third kappa shape index (κ3) is 1.85. The molecule has 0 spiro atoms. The van der Waals surface area contributed by atoms with Crippen molar-refractivity contribution in [3.8, 4) is 11.1 Å². The molecular formula is C20H15NO. The van der Waals surface area contributed by atoms with Crippen molar-refractivity contribution in [2.75, 3.05) is 0 Å². The van der Waals surface area contributed by atoms with Crippen LogP contribution in [0, 0.1) is 0 Å². The Morgan fingerprint density at radius 1 is 0.682 bits per heavy atom. The number of hydrogen-bond acceptors (Lipinski definition) is 2. The van der Waals surface area contributed by atoms with Crippen molar-refractivity contribution in [3.63, 3.8) is 0 Å². The highest BCUT2D eigenvalue weighted by atomic mass is 16.4. The first-order valence-corrected chi connectivity index (χ1v) is 7.36. The van der Waals surface area contributed by atoms with Crippen molar-refractivity contribution < 1.29 is 5.21 Å². The van der Waals surface area contributed by atoms with Crippen LogP contribution in [-0.2, 0) is 0 Å². The molecular weight excluding hydrogens is 270 g/mol. The van der Waals surface area contributed by atoms with Crippen LogP contribution < -0.4 is 0 Å². The number of hydrogen-bond donors (Lipinski definition) is 1. The summed E-state index contributed by atoms with van der Waals surface area (Å²) in [6.07, 6.45) is 0. The predicted molar refractivity (Wildman–Crippen MR) is 88.5 cm³/mol. The molecule has 0 radical (unpaired) electrons. The molecule has 0 amide bonds. The molecule has 0 saturated heterocycles. The lowest BCUT2D eigenvalue weighted by Crippen LogP contribution is -2.13. The lowest BCUT2D eigenvalue weighted by atomic mass is 9.88. The summed E-state index contributed by atoms with van der Waals surface area (Å²) in [5.41, 5.74) is 6.47. The van der Waals surface area contributed by atoms with Crippen molar-refractivity contribution in [1.82, 2.24) is 0 Å². The highest BCUT2D eigenvalue weighted by Crippen LogP contribution is 2.46. The Bertz CT molecular complexity index is 807. The maximum atomic E-state index is 9.68. The Labute approximate surface area is 129 Å². The van der Waals surface area contributed by atoms with E-state index in [1.165, 1.54) is 22.3 Å². The van der Waals surface area contributed by atoms with Gasteiger partial charge in [-0.15, -0.1) is 0 Å². The minimum atomic E-state index is -0.0280. The van der Waals surface area contributed by atoms with Gasteiger partial charge in [0.1, 0.15) is 0 Å². The van der Waals surface area contributed by atoms with Crippen LogP contribution in [0.2, 0.25) is 0 Å². The molecule has 0 heterocycles. The van der Waals surface area contributed by atoms with Crippen molar-refractivity contribution >= 4 is 5.71 Å². The fourth-order valence-electron chi connectivity index (χ4n) is 3.34. The molecule has 0 aromatic heterocycles. The van der Waals surface area contributed by atoms with Gasteiger partial charge in [0.25, 0.3) is 0 Å². The molecule has 2 nitrogen and oxygen atoms in total. The lowest BCUT2D eigenvalue weighted by Gasteiger charge is -2.15. The van der Waals surface area contributed by atoms with Crippen LogP contribution in [0.1, 0.15) is 22.6 Å². The third-order valence-electron chi connectivity index (χ3n) is 4.28. The molecule has 0 bridgehead atoms. The van der Waals surface area contributed by atoms with Crippen molar-refractivity contribution in [3.05, 3.63) is 95.6 Å². The monoisotopic (exact) mass is 285 g/mol. The summed E-state index contributed by atoms with van der Waals surface area (Å²) in [7, 11) is 0. The zero-order chi connectivity index (χ0) is 14.9. The van der Waals surface area contributed by atoms with E-state index in [0.717, 1.165) is 5.56 Å². The van der Waals surface area contributed by atoms with Crippen molar-refractivity contribution in [2.24, 2.45) is 5.16 Å². The van der Waals surface area contributed by atoms with Gasteiger partial charge in [-0.05, 0) is 22.3 Å². The zero-order valence-corrected chi connectivity index (χ0v) is 12.0. The zero-order valence-electron chi connectivity index (χ0n) is 12.0. The van der Waals surface area contributed by atoms with Crippen LogP contribution in [0.15, 0.2) is 84.0 Å². The van der Waals surface area contributed by atoms with Crippen LogP contribution in [-0.4, -0.2) is 10.9 Å². The largest absolute Gasteiger partial charge is 0.411 e. The van der Waals surface area contributed by atoms with Gasteiger partial charge in [0.15, 0.2) is 0 Å². The molecule has 1 N–H and O–H groups in total. The van der Waals surface area contributed by atoms with E-state index < -0.39 is 0 Å². The van der Waals surface area contributed by atoms with Crippen LogP contribution in [0.3, 0.4) is 0 Å². The number of benzene rings is 3. The van der Waals surface area contributed by atoms with Gasteiger partial charge in [0.05, 0.1) is 11.6 Å². The molecule has 0 aliphatic heterocycles. The smallest absolute Gasteiger partial charge is 0.0986 e. The maximum Gasteiger partial charge on any atom is 0.0986 e. The minimum absolute atomic E-state index is 0.0280.